The molecule has 4 rings (SSSR count). The number of aromatic nitrogens is 2. The fraction of sp³-hybridized carbons (Fsp3) is 0.240. The minimum absolute atomic E-state index is 0. The molecule has 191 valence electrons. The van der Waals surface area contributed by atoms with Gasteiger partial charge in [0.05, 0.1) is 29.8 Å². The standard InChI is InChI=1S/C24H24N7O4.CH3.Y/c1-25-15-31(26-2)22-20-19(18(35-3)14-28-22)17(13-27-20)21(32)24(34)30-11-9-29(10-12-30)23(33)16-7-5-4-6-8-16;;/h2,4-8,13-15,27H,9-12H2,1,3H3;1H3;/q2*-1;. The van der Waals surface area contributed by atoms with E-state index in [4.69, 9.17) is 11.5 Å². The number of anilines is 1. The van der Waals surface area contributed by atoms with Gasteiger partial charge in [0.1, 0.15) is 12.1 Å². The number of aliphatic imine (C=N–C) groups is 1. The van der Waals surface area contributed by atoms with Crippen molar-refractivity contribution < 1.29 is 51.8 Å². The molecule has 1 aromatic carbocycles. The van der Waals surface area contributed by atoms with E-state index in [0.717, 1.165) is 0 Å². The second-order valence-electron chi connectivity index (χ2n) is 7.72. The van der Waals surface area contributed by atoms with Crippen LogP contribution in [0.5, 0.6) is 5.75 Å². The normalized spacial score (nSPS) is 13.0. The van der Waals surface area contributed by atoms with Gasteiger partial charge in [-0.2, -0.15) is 0 Å². The SMILES string of the molecule is [CH-]=NN(C=NC)c1ncc(OC)c2c(C(=O)C(=O)N3CCN(C(=O)c4ccccc4)CC3)c[nH]c12.[CH3-].[Y]. The molecule has 11 nitrogen and oxygen atoms in total. The first-order valence-corrected chi connectivity index (χ1v) is 10.8. The van der Waals surface area contributed by atoms with E-state index in [1.165, 1.54) is 35.8 Å². The molecule has 1 fully saturated rings. The van der Waals surface area contributed by atoms with E-state index < -0.39 is 11.7 Å². The summed E-state index contributed by atoms with van der Waals surface area (Å²) in [5, 5.41) is 5.24. The quantitative estimate of drug-likeness (QED) is 0.115. The molecule has 3 heterocycles. The monoisotopic (exact) mass is 578 g/mol. The Morgan fingerprint density at radius 3 is 2.38 bits per heavy atom. The van der Waals surface area contributed by atoms with Gasteiger partial charge in [-0.15, -0.1) is 0 Å². The Bertz CT molecular complexity index is 1300. The van der Waals surface area contributed by atoms with Crippen LogP contribution in [0.4, 0.5) is 5.82 Å². The molecule has 0 unspecified atom stereocenters. The number of carbonyl (C=O) groups excluding carboxylic acids is 3. The third-order valence-electron chi connectivity index (χ3n) is 5.75. The van der Waals surface area contributed by atoms with E-state index in [0.29, 0.717) is 35.3 Å². The van der Waals surface area contributed by atoms with Gasteiger partial charge in [0.25, 0.3) is 17.6 Å². The zero-order valence-electron chi connectivity index (χ0n) is 20.9. The molecule has 2 amide bonds. The number of hydrogen-bond acceptors (Lipinski definition) is 7. The number of nitrogens with zero attached hydrogens (tertiary/aromatic N) is 6. The number of hydrazone groups is 1. The molecule has 0 atom stereocenters. The second kappa shape index (κ2) is 13.2. The molecule has 1 saturated heterocycles. The molecule has 0 aliphatic carbocycles. The van der Waals surface area contributed by atoms with Crippen molar-refractivity contribution in [1.29, 1.82) is 0 Å². The summed E-state index contributed by atoms with van der Waals surface area (Å²) in [6, 6.07) is 8.96. The maximum atomic E-state index is 13.2. The third-order valence-corrected chi connectivity index (χ3v) is 5.75. The number of nitrogens with one attached hydrogen (secondary N) is 1. The molecular weight excluding hydrogens is 551 g/mol. The van der Waals surface area contributed by atoms with Gasteiger partial charge in [0.2, 0.25) is 0 Å². The Balaban J connectivity index is 0.00000241. The van der Waals surface area contributed by atoms with Crippen LogP contribution in [0, 0.1) is 7.43 Å². The number of fused-ring (bicyclic) bond motifs is 1. The van der Waals surface area contributed by atoms with E-state index in [1.54, 1.807) is 36.2 Å². The Morgan fingerprint density at radius 1 is 1.14 bits per heavy atom. The van der Waals surface area contributed by atoms with Gasteiger partial charge in [-0.25, -0.2) is 9.99 Å². The summed E-state index contributed by atoms with van der Waals surface area (Å²) in [7, 11) is 3.00. The molecule has 0 saturated carbocycles. The van der Waals surface area contributed by atoms with Crippen molar-refractivity contribution in [3.05, 3.63) is 61.3 Å². The van der Waals surface area contributed by atoms with Crippen molar-refractivity contribution >= 4 is 47.4 Å². The van der Waals surface area contributed by atoms with Crippen molar-refractivity contribution in [2.24, 2.45) is 10.1 Å². The minimum atomic E-state index is -0.699. The average molecular weight is 578 g/mol. The topological polar surface area (TPSA) is 124 Å². The van der Waals surface area contributed by atoms with Crippen molar-refractivity contribution in [1.82, 2.24) is 19.8 Å². The molecule has 1 radical (unpaired) electrons. The van der Waals surface area contributed by atoms with Crippen molar-refractivity contribution in [2.45, 2.75) is 0 Å². The number of pyridine rings is 1. The Morgan fingerprint density at radius 2 is 1.78 bits per heavy atom. The molecule has 0 spiro atoms. The summed E-state index contributed by atoms with van der Waals surface area (Å²) >= 11 is 0. The number of benzene rings is 1. The Kier molecular flexibility index (Phi) is 10.6. The predicted octanol–water partition coefficient (Wildman–Crippen LogP) is 2.14. The molecule has 3 aromatic rings. The van der Waals surface area contributed by atoms with Gasteiger partial charge >= 0.3 is 0 Å². The number of ketones is 1. The van der Waals surface area contributed by atoms with Crippen LogP contribution in [0.15, 0.2) is 52.8 Å². The van der Waals surface area contributed by atoms with Crippen LogP contribution in [-0.4, -0.2) is 90.8 Å². The van der Waals surface area contributed by atoms with Crippen LogP contribution in [0.2, 0.25) is 0 Å². The van der Waals surface area contributed by atoms with Gasteiger partial charge in [-0.1, -0.05) is 18.2 Å². The summed E-state index contributed by atoms with van der Waals surface area (Å²) in [4.78, 5) is 53.3. The van der Waals surface area contributed by atoms with Gasteiger partial charge in [0, 0.05) is 77.7 Å². The van der Waals surface area contributed by atoms with Crippen LogP contribution in [0.1, 0.15) is 20.7 Å². The number of hydrogen-bond donors (Lipinski definition) is 1. The third kappa shape index (κ3) is 5.94. The molecular formula is C25H27N7O4Y-2. The smallest absolute Gasteiger partial charge is 0.295 e. The number of amides is 2. The summed E-state index contributed by atoms with van der Waals surface area (Å²) in [6.45, 7) is 6.63. The van der Waals surface area contributed by atoms with Gasteiger partial charge in [-0.05, 0) is 12.1 Å². The Hall–Kier alpha value is -3.44. The fourth-order valence-corrected chi connectivity index (χ4v) is 4.00. The van der Waals surface area contributed by atoms with E-state index in [9.17, 15) is 14.4 Å². The van der Waals surface area contributed by atoms with Crippen molar-refractivity contribution in [3.8, 4) is 5.75 Å². The molecule has 1 aliphatic heterocycles. The first kappa shape index (κ1) is 29.8. The van der Waals surface area contributed by atoms with Crippen LogP contribution < -0.4 is 9.75 Å². The van der Waals surface area contributed by atoms with Gasteiger partial charge < -0.3 is 38.8 Å². The molecule has 2 aromatic heterocycles. The number of ether oxygens (including phenoxy) is 1. The van der Waals surface area contributed by atoms with Crippen LogP contribution in [-0.2, 0) is 37.5 Å². The molecule has 37 heavy (non-hydrogen) atoms. The van der Waals surface area contributed by atoms with E-state index in [-0.39, 0.29) is 70.5 Å². The van der Waals surface area contributed by atoms with E-state index >= 15 is 0 Å². The number of Topliss-reactive ketones (excluding diaryl/α,β-unsaturated/α-hetero) is 1. The van der Waals surface area contributed by atoms with Crippen LogP contribution >= 0.6 is 0 Å². The maximum Gasteiger partial charge on any atom is 0.295 e. The Labute approximate surface area is 240 Å². The first-order chi connectivity index (χ1) is 17.0. The summed E-state index contributed by atoms with van der Waals surface area (Å²) < 4.78 is 5.39. The number of H-pyrrole nitrogens is 1. The average Bonchev–Trinajstić information content (AvgIpc) is 3.36. The molecule has 1 aliphatic rings. The number of methoxy groups -OCH3 is 1. The number of carbonyl (C=O) groups is 3. The van der Waals surface area contributed by atoms with E-state index in [2.05, 4.69) is 20.1 Å². The van der Waals surface area contributed by atoms with E-state index in [1.807, 2.05) is 6.07 Å². The van der Waals surface area contributed by atoms with Crippen molar-refractivity contribution in [3.63, 3.8) is 0 Å². The summed E-state index contributed by atoms with van der Waals surface area (Å²) in [6.07, 6.45) is 4.21. The number of aromatic amines is 1. The predicted molar refractivity (Wildman–Crippen MR) is 138 cm³/mol. The molecule has 12 heteroatoms. The molecule has 1 N–H and O–H groups in total. The van der Waals surface area contributed by atoms with Crippen LogP contribution in [0.25, 0.3) is 10.9 Å². The van der Waals surface area contributed by atoms with Gasteiger partial charge in [0.15, 0.2) is 5.82 Å². The largest absolute Gasteiger partial charge is 0.494 e. The number of piperazine rings is 1. The second-order valence-corrected chi connectivity index (χ2v) is 7.72. The minimum Gasteiger partial charge on any atom is -0.494 e. The number of rotatable bonds is 7. The zero-order valence-corrected chi connectivity index (χ0v) is 23.8. The van der Waals surface area contributed by atoms with Crippen molar-refractivity contribution in [2.75, 3.05) is 45.3 Å². The summed E-state index contributed by atoms with van der Waals surface area (Å²) in [5.41, 5.74) is 1.14. The van der Waals surface area contributed by atoms with Crippen LogP contribution in [0.3, 0.4) is 0 Å². The fourth-order valence-electron chi connectivity index (χ4n) is 4.00. The molecule has 0 bridgehead atoms. The zero-order chi connectivity index (χ0) is 24.9. The first-order valence-electron chi connectivity index (χ1n) is 10.8. The summed E-state index contributed by atoms with van der Waals surface area (Å²) in [5.74, 6) is -0.863. The van der Waals surface area contributed by atoms with Gasteiger partial charge in [-0.3, -0.25) is 19.4 Å². The maximum absolute atomic E-state index is 13.2.